The number of H-pyrrole nitrogens is 1. The largest absolute Gasteiger partial charge is 0.382 e. The summed E-state index contributed by atoms with van der Waals surface area (Å²) in [6, 6.07) is 6.23. The number of thioether (sulfide) groups is 1. The van der Waals surface area contributed by atoms with Gasteiger partial charge in [0.15, 0.2) is 5.82 Å². The summed E-state index contributed by atoms with van der Waals surface area (Å²) in [4.78, 5) is 1.25. The highest BCUT2D eigenvalue weighted by Gasteiger charge is 2.04. The standard InChI is InChI=1S/C11H15N3S/c1-7(2)6-15-8-3-4-10-9(5-8)11(12)14-13-10/h3-5,7H,6H2,1-2H3,(H3,12,13,14). The van der Waals surface area contributed by atoms with Crippen LogP contribution in [-0.2, 0) is 0 Å². The van der Waals surface area contributed by atoms with Gasteiger partial charge in [-0.2, -0.15) is 5.10 Å². The average Bonchev–Trinajstić information content (AvgIpc) is 2.57. The molecule has 0 atom stereocenters. The molecule has 0 saturated carbocycles. The van der Waals surface area contributed by atoms with Gasteiger partial charge >= 0.3 is 0 Å². The molecule has 0 saturated heterocycles. The van der Waals surface area contributed by atoms with E-state index in [9.17, 15) is 0 Å². The number of fused-ring (bicyclic) bond motifs is 1. The first-order chi connectivity index (χ1) is 7.16. The molecule has 0 aliphatic rings. The number of benzene rings is 1. The first-order valence-electron chi connectivity index (χ1n) is 5.03. The van der Waals surface area contributed by atoms with Crippen LogP contribution < -0.4 is 5.73 Å². The summed E-state index contributed by atoms with van der Waals surface area (Å²) in [7, 11) is 0. The van der Waals surface area contributed by atoms with Gasteiger partial charge in [0.1, 0.15) is 0 Å². The zero-order valence-electron chi connectivity index (χ0n) is 8.95. The van der Waals surface area contributed by atoms with Gasteiger partial charge in [-0.25, -0.2) is 0 Å². The lowest BCUT2D eigenvalue weighted by molar-refractivity contribution is 0.750. The van der Waals surface area contributed by atoms with Crippen molar-refractivity contribution in [2.75, 3.05) is 11.5 Å². The van der Waals surface area contributed by atoms with Crippen molar-refractivity contribution < 1.29 is 0 Å². The highest BCUT2D eigenvalue weighted by atomic mass is 32.2. The minimum Gasteiger partial charge on any atom is -0.382 e. The second kappa shape index (κ2) is 4.14. The molecule has 2 rings (SSSR count). The smallest absolute Gasteiger partial charge is 0.153 e. The third-order valence-electron chi connectivity index (χ3n) is 2.15. The number of hydrogen-bond acceptors (Lipinski definition) is 3. The maximum Gasteiger partial charge on any atom is 0.153 e. The fourth-order valence-corrected chi connectivity index (χ4v) is 2.26. The second-order valence-corrected chi connectivity index (χ2v) is 5.11. The Kier molecular flexibility index (Phi) is 2.86. The van der Waals surface area contributed by atoms with Gasteiger partial charge in [0.05, 0.1) is 5.52 Å². The minimum absolute atomic E-state index is 0.581. The molecule has 2 aromatic rings. The molecular formula is C11H15N3S. The van der Waals surface area contributed by atoms with E-state index in [4.69, 9.17) is 5.73 Å². The van der Waals surface area contributed by atoms with Gasteiger partial charge in [0.2, 0.25) is 0 Å². The summed E-state index contributed by atoms with van der Waals surface area (Å²) < 4.78 is 0. The van der Waals surface area contributed by atoms with Crippen molar-refractivity contribution in [3.63, 3.8) is 0 Å². The third kappa shape index (κ3) is 2.26. The SMILES string of the molecule is CC(C)CSc1ccc2[nH]nc(N)c2c1. The van der Waals surface area contributed by atoms with Gasteiger partial charge in [-0.05, 0) is 24.1 Å². The number of rotatable bonds is 3. The van der Waals surface area contributed by atoms with E-state index in [0.717, 1.165) is 16.7 Å². The van der Waals surface area contributed by atoms with Crippen LogP contribution in [0, 0.1) is 5.92 Å². The topological polar surface area (TPSA) is 54.7 Å². The van der Waals surface area contributed by atoms with Crippen LogP contribution in [0.15, 0.2) is 23.1 Å². The predicted molar refractivity (Wildman–Crippen MR) is 66.1 cm³/mol. The summed E-state index contributed by atoms with van der Waals surface area (Å²) in [6.07, 6.45) is 0. The van der Waals surface area contributed by atoms with Crippen LogP contribution in [0.1, 0.15) is 13.8 Å². The van der Waals surface area contributed by atoms with Crippen molar-refractivity contribution in [1.29, 1.82) is 0 Å². The van der Waals surface area contributed by atoms with Crippen molar-refractivity contribution in [1.82, 2.24) is 10.2 Å². The summed E-state index contributed by atoms with van der Waals surface area (Å²) >= 11 is 1.86. The molecule has 15 heavy (non-hydrogen) atoms. The number of anilines is 1. The van der Waals surface area contributed by atoms with Crippen molar-refractivity contribution in [2.24, 2.45) is 5.92 Å². The van der Waals surface area contributed by atoms with Crippen molar-refractivity contribution in [3.05, 3.63) is 18.2 Å². The summed E-state index contributed by atoms with van der Waals surface area (Å²) in [5, 5.41) is 7.89. The normalized spacial score (nSPS) is 11.4. The van der Waals surface area contributed by atoms with Crippen molar-refractivity contribution in [3.8, 4) is 0 Å². The van der Waals surface area contributed by atoms with Gasteiger partial charge in [0.25, 0.3) is 0 Å². The lowest BCUT2D eigenvalue weighted by Gasteiger charge is -2.04. The van der Waals surface area contributed by atoms with E-state index in [1.54, 1.807) is 0 Å². The molecule has 0 amide bonds. The molecule has 0 bridgehead atoms. The first kappa shape index (κ1) is 10.4. The molecule has 0 aliphatic carbocycles. The van der Waals surface area contributed by atoms with Gasteiger partial charge in [-0.1, -0.05) is 13.8 Å². The Balaban J connectivity index is 2.25. The number of aromatic amines is 1. The molecule has 4 heteroatoms. The van der Waals surface area contributed by atoms with Crippen LogP contribution in [0.4, 0.5) is 5.82 Å². The Hall–Kier alpha value is -1.16. The molecule has 1 aromatic carbocycles. The van der Waals surface area contributed by atoms with Gasteiger partial charge < -0.3 is 5.73 Å². The van der Waals surface area contributed by atoms with Crippen LogP contribution in [0.25, 0.3) is 10.9 Å². The molecule has 0 unspecified atom stereocenters. The maximum atomic E-state index is 5.75. The van der Waals surface area contributed by atoms with Gasteiger partial charge in [-0.15, -0.1) is 11.8 Å². The lowest BCUT2D eigenvalue weighted by Crippen LogP contribution is -1.90. The Labute approximate surface area is 93.4 Å². The van der Waals surface area contributed by atoms with Crippen LogP contribution in [-0.4, -0.2) is 16.0 Å². The summed E-state index contributed by atoms with van der Waals surface area (Å²) in [5.41, 5.74) is 6.75. The number of nitrogens with one attached hydrogen (secondary N) is 1. The molecule has 80 valence electrons. The van der Waals surface area contributed by atoms with Crippen LogP contribution in [0.5, 0.6) is 0 Å². The quantitative estimate of drug-likeness (QED) is 0.783. The van der Waals surface area contributed by atoms with Crippen LogP contribution in [0.2, 0.25) is 0 Å². The fourth-order valence-electron chi connectivity index (χ4n) is 1.37. The number of aromatic nitrogens is 2. The van der Waals surface area contributed by atoms with Gasteiger partial charge in [-0.3, -0.25) is 5.10 Å². The Morgan fingerprint density at radius 3 is 3.00 bits per heavy atom. The molecule has 0 spiro atoms. The molecule has 1 heterocycles. The number of nitrogen functional groups attached to an aromatic ring is 1. The number of nitrogens with two attached hydrogens (primary N) is 1. The molecule has 1 aromatic heterocycles. The Bertz CT molecular complexity index is 462. The lowest BCUT2D eigenvalue weighted by atomic mass is 10.2. The molecular weight excluding hydrogens is 206 g/mol. The average molecular weight is 221 g/mol. The fraction of sp³-hybridized carbons (Fsp3) is 0.364. The maximum absolute atomic E-state index is 5.75. The van der Waals surface area contributed by atoms with E-state index in [0.29, 0.717) is 11.7 Å². The first-order valence-corrected chi connectivity index (χ1v) is 6.02. The monoisotopic (exact) mass is 221 g/mol. The zero-order valence-corrected chi connectivity index (χ0v) is 9.77. The van der Waals surface area contributed by atoms with E-state index in [1.807, 2.05) is 17.8 Å². The minimum atomic E-state index is 0.581. The highest BCUT2D eigenvalue weighted by Crippen LogP contribution is 2.26. The van der Waals surface area contributed by atoms with Crippen molar-refractivity contribution in [2.45, 2.75) is 18.7 Å². The Morgan fingerprint density at radius 1 is 1.47 bits per heavy atom. The van der Waals surface area contributed by atoms with E-state index in [1.165, 1.54) is 4.90 Å². The molecule has 3 nitrogen and oxygen atoms in total. The van der Waals surface area contributed by atoms with E-state index >= 15 is 0 Å². The molecule has 0 radical (unpaired) electrons. The number of nitrogens with zero attached hydrogens (tertiary/aromatic N) is 1. The van der Waals surface area contributed by atoms with E-state index in [2.05, 4.69) is 36.2 Å². The van der Waals surface area contributed by atoms with Crippen LogP contribution in [0.3, 0.4) is 0 Å². The molecule has 0 aliphatic heterocycles. The highest BCUT2D eigenvalue weighted by molar-refractivity contribution is 7.99. The Morgan fingerprint density at radius 2 is 2.27 bits per heavy atom. The predicted octanol–water partition coefficient (Wildman–Crippen LogP) is 2.89. The summed E-state index contributed by atoms with van der Waals surface area (Å²) in [6.45, 7) is 4.44. The summed E-state index contributed by atoms with van der Waals surface area (Å²) in [5.74, 6) is 2.41. The third-order valence-corrected chi connectivity index (χ3v) is 3.57. The second-order valence-electron chi connectivity index (χ2n) is 4.02. The molecule has 0 fully saturated rings. The zero-order chi connectivity index (χ0) is 10.8. The number of hydrogen-bond donors (Lipinski definition) is 2. The van der Waals surface area contributed by atoms with E-state index < -0.39 is 0 Å². The van der Waals surface area contributed by atoms with Crippen molar-refractivity contribution >= 4 is 28.5 Å². The van der Waals surface area contributed by atoms with E-state index in [-0.39, 0.29) is 0 Å². The van der Waals surface area contributed by atoms with Gasteiger partial charge in [0, 0.05) is 16.0 Å². The van der Waals surface area contributed by atoms with Crippen LogP contribution >= 0.6 is 11.8 Å². The molecule has 3 N–H and O–H groups in total.